The molecular weight excluding hydrogens is 242 g/mol. The van der Waals surface area contributed by atoms with E-state index in [0.717, 1.165) is 25.8 Å². The van der Waals surface area contributed by atoms with Crippen LogP contribution in [0.4, 0.5) is 11.8 Å². The number of hydrogen-bond donors (Lipinski definition) is 3. The van der Waals surface area contributed by atoms with Gasteiger partial charge in [-0.15, -0.1) is 0 Å². The van der Waals surface area contributed by atoms with E-state index in [0.29, 0.717) is 23.4 Å². The average Bonchev–Trinajstić information content (AvgIpc) is 2.89. The smallest absolute Gasteiger partial charge is 0.254 e. The molecule has 1 amide bonds. The van der Waals surface area contributed by atoms with Crippen LogP contribution in [0.5, 0.6) is 0 Å². The van der Waals surface area contributed by atoms with E-state index < -0.39 is 5.91 Å². The maximum Gasteiger partial charge on any atom is 0.254 e. The van der Waals surface area contributed by atoms with Gasteiger partial charge in [-0.25, -0.2) is 4.98 Å². The number of nitrogens with zero attached hydrogens (tertiary/aromatic N) is 2. The van der Waals surface area contributed by atoms with Crippen molar-refractivity contribution in [2.75, 3.05) is 17.2 Å². The molecule has 0 unspecified atom stereocenters. The number of primary amides is 1. The standard InChI is InChI=1S/C13H21N5O/c1-2-7-15-13-16-8-10(11(14)19)12(18-13)17-9-5-3-4-6-9/h8-9H,2-7H2,1H3,(H2,14,19)(H2,15,16,17,18). The first-order valence-electron chi connectivity index (χ1n) is 6.88. The molecule has 0 spiro atoms. The molecule has 1 aromatic rings. The van der Waals surface area contributed by atoms with Gasteiger partial charge in [0, 0.05) is 18.8 Å². The van der Waals surface area contributed by atoms with Crippen LogP contribution >= 0.6 is 0 Å². The largest absolute Gasteiger partial charge is 0.367 e. The van der Waals surface area contributed by atoms with Crippen LogP contribution in [0, 0.1) is 0 Å². The van der Waals surface area contributed by atoms with Gasteiger partial charge in [-0.1, -0.05) is 19.8 Å². The fourth-order valence-electron chi connectivity index (χ4n) is 2.26. The molecule has 0 saturated heterocycles. The van der Waals surface area contributed by atoms with Gasteiger partial charge < -0.3 is 16.4 Å². The van der Waals surface area contributed by atoms with Crippen LogP contribution in [-0.4, -0.2) is 28.5 Å². The van der Waals surface area contributed by atoms with Gasteiger partial charge in [0.25, 0.3) is 5.91 Å². The highest BCUT2D eigenvalue weighted by molar-refractivity contribution is 5.97. The Balaban J connectivity index is 2.17. The minimum absolute atomic E-state index is 0.356. The molecule has 0 atom stereocenters. The van der Waals surface area contributed by atoms with Crippen molar-refractivity contribution in [1.29, 1.82) is 0 Å². The molecule has 1 saturated carbocycles. The Morgan fingerprint density at radius 1 is 1.47 bits per heavy atom. The van der Waals surface area contributed by atoms with E-state index in [9.17, 15) is 4.79 Å². The highest BCUT2D eigenvalue weighted by Gasteiger charge is 2.19. The first kappa shape index (κ1) is 13.6. The molecule has 1 aliphatic rings. The summed E-state index contributed by atoms with van der Waals surface area (Å²) in [6.45, 7) is 2.88. The van der Waals surface area contributed by atoms with Crippen LogP contribution in [-0.2, 0) is 0 Å². The van der Waals surface area contributed by atoms with Gasteiger partial charge in [0.2, 0.25) is 5.95 Å². The third kappa shape index (κ3) is 3.56. The number of carbonyl (C=O) groups is 1. The molecule has 2 rings (SSSR count). The van der Waals surface area contributed by atoms with Crippen molar-refractivity contribution in [3.63, 3.8) is 0 Å². The van der Waals surface area contributed by atoms with E-state index in [2.05, 4.69) is 27.5 Å². The van der Waals surface area contributed by atoms with Crippen molar-refractivity contribution < 1.29 is 4.79 Å². The van der Waals surface area contributed by atoms with Gasteiger partial charge in [0.05, 0.1) is 5.56 Å². The summed E-state index contributed by atoms with van der Waals surface area (Å²) in [5.41, 5.74) is 5.72. The maximum absolute atomic E-state index is 11.4. The van der Waals surface area contributed by atoms with Crippen LogP contribution in [0.15, 0.2) is 6.20 Å². The lowest BCUT2D eigenvalue weighted by atomic mass is 10.2. The number of nitrogens with two attached hydrogens (primary N) is 1. The van der Waals surface area contributed by atoms with Crippen molar-refractivity contribution >= 4 is 17.7 Å². The second-order valence-corrected chi connectivity index (χ2v) is 4.87. The number of amides is 1. The Bertz CT molecular complexity index is 443. The number of aromatic nitrogens is 2. The van der Waals surface area contributed by atoms with Crippen LogP contribution < -0.4 is 16.4 Å². The minimum Gasteiger partial charge on any atom is -0.367 e. The third-order valence-electron chi connectivity index (χ3n) is 3.28. The summed E-state index contributed by atoms with van der Waals surface area (Å²) in [7, 11) is 0. The monoisotopic (exact) mass is 263 g/mol. The van der Waals surface area contributed by atoms with E-state index in [-0.39, 0.29) is 0 Å². The molecule has 0 bridgehead atoms. The van der Waals surface area contributed by atoms with E-state index in [1.165, 1.54) is 19.0 Å². The zero-order valence-corrected chi connectivity index (χ0v) is 11.3. The number of anilines is 2. The molecule has 6 nitrogen and oxygen atoms in total. The molecule has 19 heavy (non-hydrogen) atoms. The lowest BCUT2D eigenvalue weighted by Gasteiger charge is -2.15. The number of carbonyl (C=O) groups excluding carboxylic acids is 1. The fraction of sp³-hybridized carbons (Fsp3) is 0.615. The Morgan fingerprint density at radius 3 is 2.84 bits per heavy atom. The summed E-state index contributed by atoms with van der Waals surface area (Å²) < 4.78 is 0. The first-order valence-corrected chi connectivity index (χ1v) is 6.88. The summed E-state index contributed by atoms with van der Waals surface area (Å²) >= 11 is 0. The molecule has 1 heterocycles. The van der Waals surface area contributed by atoms with Crippen molar-refractivity contribution in [2.45, 2.75) is 45.1 Å². The van der Waals surface area contributed by atoms with Gasteiger partial charge >= 0.3 is 0 Å². The van der Waals surface area contributed by atoms with Gasteiger partial charge in [0.15, 0.2) is 0 Å². The molecule has 6 heteroatoms. The van der Waals surface area contributed by atoms with Gasteiger partial charge in [0.1, 0.15) is 5.82 Å². The van der Waals surface area contributed by atoms with Crippen LogP contribution in [0.2, 0.25) is 0 Å². The molecule has 4 N–H and O–H groups in total. The first-order chi connectivity index (χ1) is 9.20. The van der Waals surface area contributed by atoms with Crippen LogP contribution in [0.25, 0.3) is 0 Å². The van der Waals surface area contributed by atoms with Crippen LogP contribution in [0.1, 0.15) is 49.4 Å². The highest BCUT2D eigenvalue weighted by atomic mass is 16.1. The van der Waals surface area contributed by atoms with E-state index in [1.807, 2.05) is 0 Å². The topological polar surface area (TPSA) is 92.9 Å². The SMILES string of the molecule is CCCNc1ncc(C(N)=O)c(NC2CCCC2)n1. The molecule has 1 aliphatic carbocycles. The predicted molar refractivity (Wildman–Crippen MR) is 75.2 cm³/mol. The van der Waals surface area contributed by atoms with Crippen molar-refractivity contribution in [1.82, 2.24) is 9.97 Å². The maximum atomic E-state index is 11.4. The lowest BCUT2D eigenvalue weighted by Crippen LogP contribution is -2.22. The van der Waals surface area contributed by atoms with Gasteiger partial charge in [-0.05, 0) is 19.3 Å². The molecule has 104 valence electrons. The van der Waals surface area contributed by atoms with Crippen molar-refractivity contribution in [3.05, 3.63) is 11.8 Å². The number of rotatable bonds is 6. The fourth-order valence-corrected chi connectivity index (χ4v) is 2.26. The molecule has 1 fully saturated rings. The van der Waals surface area contributed by atoms with E-state index in [4.69, 9.17) is 5.73 Å². The normalized spacial score (nSPS) is 15.4. The van der Waals surface area contributed by atoms with Crippen molar-refractivity contribution in [2.24, 2.45) is 5.73 Å². The Morgan fingerprint density at radius 2 is 2.21 bits per heavy atom. The molecule has 1 aromatic heterocycles. The Hall–Kier alpha value is -1.85. The van der Waals surface area contributed by atoms with E-state index in [1.54, 1.807) is 0 Å². The summed E-state index contributed by atoms with van der Waals surface area (Å²) in [6, 6.07) is 0.382. The second kappa shape index (κ2) is 6.36. The number of hydrogen-bond acceptors (Lipinski definition) is 5. The summed E-state index contributed by atoms with van der Waals surface area (Å²) in [6.07, 6.45) is 7.14. The van der Waals surface area contributed by atoms with Gasteiger partial charge in [-0.2, -0.15) is 4.98 Å². The van der Waals surface area contributed by atoms with E-state index >= 15 is 0 Å². The summed E-state index contributed by atoms with van der Waals surface area (Å²) in [5.74, 6) is 0.586. The minimum atomic E-state index is -0.498. The Kier molecular flexibility index (Phi) is 4.54. The molecule has 0 radical (unpaired) electrons. The second-order valence-electron chi connectivity index (χ2n) is 4.87. The molecule has 0 aliphatic heterocycles. The third-order valence-corrected chi connectivity index (χ3v) is 3.28. The van der Waals surface area contributed by atoms with Gasteiger partial charge in [-0.3, -0.25) is 4.79 Å². The molecule has 0 aromatic carbocycles. The quantitative estimate of drug-likeness (QED) is 0.727. The summed E-state index contributed by atoms with van der Waals surface area (Å²) in [4.78, 5) is 19.9. The average molecular weight is 263 g/mol. The van der Waals surface area contributed by atoms with Crippen LogP contribution in [0.3, 0.4) is 0 Å². The number of nitrogens with one attached hydrogen (secondary N) is 2. The zero-order chi connectivity index (χ0) is 13.7. The highest BCUT2D eigenvalue weighted by Crippen LogP contribution is 2.23. The zero-order valence-electron chi connectivity index (χ0n) is 11.3. The predicted octanol–water partition coefficient (Wildman–Crippen LogP) is 1.75. The lowest BCUT2D eigenvalue weighted by molar-refractivity contribution is 0.100. The summed E-state index contributed by atoms with van der Waals surface area (Å²) in [5, 5.41) is 6.43. The molecular formula is C13H21N5O. The Labute approximate surface area is 113 Å². The van der Waals surface area contributed by atoms with Crippen molar-refractivity contribution in [3.8, 4) is 0 Å².